The molecule has 1 fully saturated rings. The number of ether oxygens (including phenoxy) is 1. The summed E-state index contributed by atoms with van der Waals surface area (Å²) >= 11 is 5.89. The summed E-state index contributed by atoms with van der Waals surface area (Å²) in [5.41, 5.74) is 0.968. The van der Waals surface area contributed by atoms with Crippen molar-refractivity contribution in [3.63, 3.8) is 0 Å². The maximum Gasteiger partial charge on any atom is 0.307 e. The lowest BCUT2D eigenvalue weighted by Crippen LogP contribution is -2.32. The molecule has 152 valence electrons. The summed E-state index contributed by atoms with van der Waals surface area (Å²) in [4.78, 5) is 46.1. The molecule has 0 saturated heterocycles. The van der Waals surface area contributed by atoms with Crippen molar-refractivity contribution in [1.29, 1.82) is 0 Å². The molecule has 3 atom stereocenters. The van der Waals surface area contributed by atoms with Crippen LogP contribution >= 0.6 is 11.6 Å². The summed E-state index contributed by atoms with van der Waals surface area (Å²) in [5, 5.41) is 14.0. The van der Waals surface area contributed by atoms with E-state index in [0.29, 0.717) is 18.0 Å². The predicted molar refractivity (Wildman–Crippen MR) is 101 cm³/mol. The molecule has 1 aromatic rings. The second kappa shape index (κ2) is 10.2. The zero-order valence-electron chi connectivity index (χ0n) is 15.6. The zero-order valence-corrected chi connectivity index (χ0v) is 16.3. The van der Waals surface area contributed by atoms with Gasteiger partial charge in [-0.25, -0.2) is 0 Å². The van der Waals surface area contributed by atoms with Crippen LogP contribution in [0.5, 0.6) is 0 Å². The van der Waals surface area contributed by atoms with Gasteiger partial charge in [-0.05, 0) is 30.0 Å². The maximum absolute atomic E-state index is 12.0. The van der Waals surface area contributed by atoms with E-state index in [1.165, 1.54) is 0 Å². The van der Waals surface area contributed by atoms with Crippen LogP contribution in [0.2, 0.25) is 5.02 Å². The number of esters is 1. The lowest BCUT2D eigenvalue weighted by atomic mass is 9.88. The molecule has 28 heavy (non-hydrogen) atoms. The van der Waals surface area contributed by atoms with E-state index in [-0.39, 0.29) is 31.1 Å². The topological polar surface area (TPSA) is 116 Å². The van der Waals surface area contributed by atoms with Gasteiger partial charge in [0.2, 0.25) is 6.54 Å². The normalized spacial score (nSPS) is 21.4. The number of hydrogen-bond acceptors (Lipinski definition) is 6. The van der Waals surface area contributed by atoms with Crippen molar-refractivity contribution in [3.8, 4) is 0 Å². The fourth-order valence-electron chi connectivity index (χ4n) is 3.47. The smallest absolute Gasteiger partial charge is 0.307 e. The Balaban J connectivity index is 1.73. The van der Waals surface area contributed by atoms with Gasteiger partial charge in [0.05, 0.1) is 6.42 Å². The molecule has 0 heterocycles. The Morgan fingerprint density at radius 3 is 2.82 bits per heavy atom. The number of amides is 1. The highest BCUT2D eigenvalue weighted by atomic mass is 35.5. The van der Waals surface area contributed by atoms with Gasteiger partial charge in [-0.2, -0.15) is 0 Å². The lowest BCUT2D eigenvalue weighted by Gasteiger charge is -2.17. The van der Waals surface area contributed by atoms with Crippen LogP contribution in [0.4, 0.5) is 0 Å². The van der Waals surface area contributed by atoms with E-state index < -0.39 is 35.2 Å². The Bertz CT molecular complexity index is 754. The Hall–Kier alpha value is -2.48. The van der Waals surface area contributed by atoms with Gasteiger partial charge in [0, 0.05) is 34.7 Å². The van der Waals surface area contributed by atoms with Crippen molar-refractivity contribution < 1.29 is 24.0 Å². The van der Waals surface area contributed by atoms with E-state index in [0.717, 1.165) is 5.56 Å². The third-order valence-corrected chi connectivity index (χ3v) is 5.16. The van der Waals surface area contributed by atoms with Crippen LogP contribution in [0.15, 0.2) is 24.3 Å². The third kappa shape index (κ3) is 6.60. The zero-order chi connectivity index (χ0) is 20.7. The van der Waals surface area contributed by atoms with Crippen molar-refractivity contribution in [3.05, 3.63) is 45.0 Å². The fraction of sp³-hybridized carbons (Fsp3) is 0.526. The fourth-order valence-corrected chi connectivity index (χ4v) is 3.69. The first-order chi connectivity index (χ1) is 13.3. The molecular weight excluding hydrogens is 388 g/mol. The number of Topliss-reactive ketones (excluding diaryl/α,β-unsaturated/α-hetero) is 1. The van der Waals surface area contributed by atoms with Gasteiger partial charge in [-0.15, -0.1) is 0 Å². The minimum atomic E-state index is -0.723. The van der Waals surface area contributed by atoms with Crippen LogP contribution in [-0.2, 0) is 25.5 Å². The van der Waals surface area contributed by atoms with Gasteiger partial charge < -0.3 is 10.1 Å². The van der Waals surface area contributed by atoms with Crippen LogP contribution in [0.25, 0.3) is 0 Å². The largest absolute Gasteiger partial charge is 0.456 e. The summed E-state index contributed by atoms with van der Waals surface area (Å²) in [7, 11) is 0. The maximum atomic E-state index is 12.0. The number of nitrogens with one attached hydrogen (secondary N) is 1. The third-order valence-electron chi connectivity index (χ3n) is 4.92. The van der Waals surface area contributed by atoms with Crippen molar-refractivity contribution in [2.24, 2.45) is 17.8 Å². The first-order valence-electron chi connectivity index (χ1n) is 9.07. The van der Waals surface area contributed by atoms with Crippen molar-refractivity contribution >= 4 is 29.3 Å². The van der Waals surface area contributed by atoms with Crippen molar-refractivity contribution in [1.82, 2.24) is 5.32 Å². The molecular formula is C19H23ClN2O6. The summed E-state index contributed by atoms with van der Waals surface area (Å²) in [6.07, 6.45) is 0.565. The summed E-state index contributed by atoms with van der Waals surface area (Å²) < 4.78 is 4.93. The monoisotopic (exact) mass is 410 g/mol. The molecule has 2 rings (SSSR count). The molecule has 9 heteroatoms. The van der Waals surface area contributed by atoms with Gasteiger partial charge in [0.15, 0.2) is 6.61 Å². The highest BCUT2D eigenvalue weighted by Crippen LogP contribution is 2.36. The van der Waals surface area contributed by atoms with Crippen LogP contribution < -0.4 is 5.32 Å². The number of carbonyl (C=O) groups is 3. The molecule has 1 N–H and O–H groups in total. The van der Waals surface area contributed by atoms with Crippen LogP contribution in [0, 0.1) is 27.9 Å². The Morgan fingerprint density at radius 1 is 1.39 bits per heavy atom. The molecule has 0 radical (unpaired) electrons. The van der Waals surface area contributed by atoms with Gasteiger partial charge in [0.25, 0.3) is 5.91 Å². The number of rotatable bonds is 9. The minimum absolute atomic E-state index is 0.148. The average molecular weight is 411 g/mol. The second-order valence-corrected chi connectivity index (χ2v) is 7.46. The molecule has 1 amide bonds. The van der Waals surface area contributed by atoms with Crippen molar-refractivity contribution in [2.75, 3.05) is 19.7 Å². The molecule has 0 aromatic heterocycles. The SMILES string of the molecule is C[C@@H]1CC(=O)[C@@H](CC(=O)OCC(=O)NCCc2cccc(Cl)c2)[C@@H]1C[N+](=O)[O-]. The summed E-state index contributed by atoms with van der Waals surface area (Å²) in [6.45, 7) is 1.32. The molecule has 8 nitrogen and oxygen atoms in total. The second-order valence-electron chi connectivity index (χ2n) is 7.03. The number of benzene rings is 1. The quantitative estimate of drug-likeness (QED) is 0.378. The molecule has 1 saturated carbocycles. The molecule has 0 unspecified atom stereocenters. The van der Waals surface area contributed by atoms with Gasteiger partial charge in [-0.3, -0.25) is 24.5 Å². The number of carbonyl (C=O) groups excluding carboxylic acids is 3. The Labute approximate surface area is 167 Å². The van der Waals surface area contributed by atoms with Crippen LogP contribution in [-0.4, -0.2) is 42.3 Å². The van der Waals surface area contributed by atoms with Crippen LogP contribution in [0.1, 0.15) is 25.3 Å². The first-order valence-corrected chi connectivity index (χ1v) is 9.45. The number of halogens is 1. The predicted octanol–water partition coefficient (Wildman–Crippen LogP) is 2.05. The first kappa shape index (κ1) is 21.8. The van der Waals surface area contributed by atoms with Gasteiger partial charge in [-0.1, -0.05) is 30.7 Å². The number of nitro groups is 1. The minimum Gasteiger partial charge on any atom is -0.456 e. The van der Waals surface area contributed by atoms with E-state index in [2.05, 4.69) is 5.32 Å². The van der Waals surface area contributed by atoms with E-state index in [1.54, 1.807) is 19.1 Å². The Kier molecular flexibility index (Phi) is 7.92. The van der Waals surface area contributed by atoms with Gasteiger partial charge in [0.1, 0.15) is 5.78 Å². The standard InChI is InChI=1S/C19H23ClN2O6/c1-12-7-17(23)15(16(12)10-22(26)27)9-19(25)28-11-18(24)21-6-5-13-3-2-4-14(20)8-13/h2-4,8,12,15-16H,5-7,9-11H2,1H3,(H,21,24)/t12-,15+,16-/m1/s1. The summed E-state index contributed by atoms with van der Waals surface area (Å²) in [5.74, 6) is -2.68. The summed E-state index contributed by atoms with van der Waals surface area (Å²) in [6, 6.07) is 7.27. The van der Waals surface area contributed by atoms with Crippen molar-refractivity contribution in [2.45, 2.75) is 26.2 Å². The number of nitrogens with zero attached hydrogens (tertiary/aromatic N) is 1. The van der Waals surface area contributed by atoms with E-state index in [9.17, 15) is 24.5 Å². The lowest BCUT2D eigenvalue weighted by molar-refractivity contribution is -0.490. The van der Waals surface area contributed by atoms with Crippen LogP contribution in [0.3, 0.4) is 0 Å². The van der Waals surface area contributed by atoms with E-state index in [4.69, 9.17) is 16.3 Å². The number of hydrogen-bond donors (Lipinski definition) is 1. The molecule has 1 aliphatic rings. The van der Waals surface area contributed by atoms with Gasteiger partial charge >= 0.3 is 5.97 Å². The molecule has 1 aromatic carbocycles. The number of ketones is 1. The highest BCUT2D eigenvalue weighted by molar-refractivity contribution is 6.30. The Morgan fingerprint density at radius 2 is 2.14 bits per heavy atom. The average Bonchev–Trinajstić information content (AvgIpc) is 2.86. The van der Waals surface area contributed by atoms with E-state index in [1.807, 2.05) is 12.1 Å². The molecule has 1 aliphatic carbocycles. The van der Waals surface area contributed by atoms with E-state index >= 15 is 0 Å². The molecule has 0 spiro atoms. The molecule has 0 aliphatic heterocycles. The highest BCUT2D eigenvalue weighted by Gasteiger charge is 2.44. The molecule has 0 bridgehead atoms.